The quantitative estimate of drug-likeness (QED) is 0.816. The summed E-state index contributed by atoms with van der Waals surface area (Å²) in [5.74, 6) is 0.416. The maximum absolute atomic E-state index is 9.94. The Kier molecular flexibility index (Phi) is 4.55. The number of aryl methyl sites for hydroxylation is 1. The van der Waals surface area contributed by atoms with Gasteiger partial charge in [-0.2, -0.15) is 0 Å². The van der Waals surface area contributed by atoms with E-state index >= 15 is 0 Å². The Balaban J connectivity index is 2.51. The Morgan fingerprint density at radius 3 is 2.50 bits per heavy atom. The van der Waals surface area contributed by atoms with Gasteiger partial charge in [0.15, 0.2) is 0 Å². The molecular formula is C11H19NOS. The van der Waals surface area contributed by atoms with Gasteiger partial charge in [-0.05, 0) is 12.8 Å². The molecule has 1 heterocycles. The molecule has 0 radical (unpaired) electrons. The van der Waals surface area contributed by atoms with E-state index in [-0.39, 0.29) is 6.10 Å². The van der Waals surface area contributed by atoms with Crippen LogP contribution in [0.2, 0.25) is 0 Å². The van der Waals surface area contributed by atoms with Gasteiger partial charge < -0.3 is 5.11 Å². The molecule has 1 atom stereocenters. The summed E-state index contributed by atoms with van der Waals surface area (Å²) in [6.45, 7) is 6.25. The number of aliphatic hydroxyl groups excluding tert-OH is 1. The molecule has 1 aromatic heterocycles. The largest absolute Gasteiger partial charge is 0.392 e. The first kappa shape index (κ1) is 11.7. The monoisotopic (exact) mass is 213 g/mol. The standard InChI is InChI=1S/C11H19NOS/c1-4-9(5-2)10(13)6-11-12-8(3)7-14-11/h7,9-10,13H,4-6H2,1-3H3. The van der Waals surface area contributed by atoms with Crippen molar-refractivity contribution in [3.8, 4) is 0 Å². The molecular weight excluding hydrogens is 194 g/mol. The Hall–Kier alpha value is -0.410. The van der Waals surface area contributed by atoms with E-state index in [2.05, 4.69) is 18.8 Å². The minimum Gasteiger partial charge on any atom is -0.392 e. The molecule has 0 aromatic carbocycles. The highest BCUT2D eigenvalue weighted by atomic mass is 32.1. The van der Waals surface area contributed by atoms with E-state index in [0.29, 0.717) is 12.3 Å². The summed E-state index contributed by atoms with van der Waals surface area (Å²) in [5, 5.41) is 13.0. The molecule has 0 aliphatic rings. The van der Waals surface area contributed by atoms with Crippen LogP contribution in [0.1, 0.15) is 37.4 Å². The number of thiazole rings is 1. The van der Waals surface area contributed by atoms with Crippen molar-refractivity contribution in [3.63, 3.8) is 0 Å². The van der Waals surface area contributed by atoms with Crippen LogP contribution in [0.3, 0.4) is 0 Å². The van der Waals surface area contributed by atoms with E-state index in [1.807, 2.05) is 12.3 Å². The third kappa shape index (κ3) is 3.07. The second-order valence-corrected chi connectivity index (χ2v) is 4.67. The van der Waals surface area contributed by atoms with Crippen molar-refractivity contribution in [2.45, 2.75) is 46.1 Å². The highest BCUT2D eigenvalue weighted by Crippen LogP contribution is 2.19. The number of hydrogen-bond acceptors (Lipinski definition) is 3. The zero-order valence-corrected chi connectivity index (χ0v) is 9.97. The van der Waals surface area contributed by atoms with Crippen molar-refractivity contribution in [2.75, 3.05) is 0 Å². The summed E-state index contributed by atoms with van der Waals surface area (Å²) in [7, 11) is 0. The molecule has 0 saturated heterocycles. The van der Waals surface area contributed by atoms with Gasteiger partial charge in [-0.15, -0.1) is 11.3 Å². The van der Waals surface area contributed by atoms with Gasteiger partial charge in [0.25, 0.3) is 0 Å². The van der Waals surface area contributed by atoms with E-state index in [0.717, 1.165) is 23.5 Å². The molecule has 80 valence electrons. The zero-order chi connectivity index (χ0) is 10.6. The molecule has 0 bridgehead atoms. The van der Waals surface area contributed by atoms with E-state index in [9.17, 15) is 5.11 Å². The second-order valence-electron chi connectivity index (χ2n) is 3.73. The predicted molar refractivity (Wildman–Crippen MR) is 60.6 cm³/mol. The van der Waals surface area contributed by atoms with Gasteiger partial charge in [-0.1, -0.05) is 26.7 Å². The van der Waals surface area contributed by atoms with Crippen LogP contribution in [0.5, 0.6) is 0 Å². The lowest BCUT2D eigenvalue weighted by Gasteiger charge is -2.18. The fourth-order valence-corrected chi connectivity index (χ4v) is 2.50. The molecule has 0 amide bonds. The van der Waals surface area contributed by atoms with Crippen LogP contribution in [0.4, 0.5) is 0 Å². The lowest BCUT2D eigenvalue weighted by molar-refractivity contribution is 0.103. The van der Waals surface area contributed by atoms with E-state index in [1.54, 1.807) is 11.3 Å². The number of aliphatic hydroxyl groups is 1. The fourth-order valence-electron chi connectivity index (χ4n) is 1.67. The van der Waals surface area contributed by atoms with Gasteiger partial charge in [-0.25, -0.2) is 4.98 Å². The minimum absolute atomic E-state index is 0.226. The lowest BCUT2D eigenvalue weighted by atomic mass is 9.95. The normalized spacial score (nSPS) is 13.5. The molecule has 0 fully saturated rings. The predicted octanol–water partition coefficient (Wildman–Crippen LogP) is 2.79. The third-order valence-corrected chi connectivity index (χ3v) is 3.63. The minimum atomic E-state index is -0.226. The van der Waals surface area contributed by atoms with E-state index in [4.69, 9.17) is 0 Å². The molecule has 0 saturated carbocycles. The Morgan fingerprint density at radius 2 is 2.07 bits per heavy atom. The van der Waals surface area contributed by atoms with E-state index < -0.39 is 0 Å². The van der Waals surface area contributed by atoms with Crippen LogP contribution in [0.25, 0.3) is 0 Å². The van der Waals surface area contributed by atoms with Crippen LogP contribution in [-0.2, 0) is 6.42 Å². The molecule has 1 unspecified atom stereocenters. The number of hydrogen-bond donors (Lipinski definition) is 1. The molecule has 0 aliphatic heterocycles. The van der Waals surface area contributed by atoms with Crippen molar-refractivity contribution in [2.24, 2.45) is 5.92 Å². The van der Waals surface area contributed by atoms with Crippen molar-refractivity contribution in [1.29, 1.82) is 0 Å². The summed E-state index contributed by atoms with van der Waals surface area (Å²) >= 11 is 1.65. The summed E-state index contributed by atoms with van der Waals surface area (Å²) < 4.78 is 0. The Labute approximate surface area is 90.0 Å². The smallest absolute Gasteiger partial charge is 0.0954 e. The zero-order valence-electron chi connectivity index (χ0n) is 9.16. The summed E-state index contributed by atoms with van der Waals surface area (Å²) in [5.41, 5.74) is 1.06. The van der Waals surface area contributed by atoms with Gasteiger partial charge in [-0.3, -0.25) is 0 Å². The summed E-state index contributed by atoms with van der Waals surface area (Å²) in [4.78, 5) is 4.36. The molecule has 0 aliphatic carbocycles. The van der Waals surface area contributed by atoms with Gasteiger partial charge >= 0.3 is 0 Å². The first-order chi connectivity index (χ1) is 6.67. The van der Waals surface area contributed by atoms with Crippen LogP contribution in [0, 0.1) is 12.8 Å². The van der Waals surface area contributed by atoms with Crippen molar-refractivity contribution in [1.82, 2.24) is 4.98 Å². The average Bonchev–Trinajstić information content (AvgIpc) is 2.53. The topological polar surface area (TPSA) is 33.1 Å². The Bertz CT molecular complexity index is 268. The average molecular weight is 213 g/mol. The maximum Gasteiger partial charge on any atom is 0.0954 e. The fraction of sp³-hybridized carbons (Fsp3) is 0.727. The number of nitrogens with zero attached hydrogens (tertiary/aromatic N) is 1. The van der Waals surface area contributed by atoms with Crippen molar-refractivity contribution >= 4 is 11.3 Å². The molecule has 1 N–H and O–H groups in total. The lowest BCUT2D eigenvalue weighted by Crippen LogP contribution is -2.21. The molecule has 14 heavy (non-hydrogen) atoms. The molecule has 1 rings (SSSR count). The van der Waals surface area contributed by atoms with Gasteiger partial charge in [0.1, 0.15) is 0 Å². The van der Waals surface area contributed by atoms with Gasteiger partial charge in [0.05, 0.1) is 11.1 Å². The molecule has 0 spiro atoms. The second kappa shape index (κ2) is 5.47. The first-order valence-corrected chi connectivity index (χ1v) is 6.14. The number of aromatic nitrogens is 1. The number of rotatable bonds is 5. The SMILES string of the molecule is CCC(CC)C(O)Cc1nc(C)cs1. The van der Waals surface area contributed by atoms with Crippen LogP contribution in [0.15, 0.2) is 5.38 Å². The van der Waals surface area contributed by atoms with Gasteiger partial charge in [0, 0.05) is 17.5 Å². The van der Waals surface area contributed by atoms with Crippen LogP contribution in [-0.4, -0.2) is 16.2 Å². The highest BCUT2D eigenvalue weighted by molar-refractivity contribution is 7.09. The first-order valence-electron chi connectivity index (χ1n) is 5.26. The van der Waals surface area contributed by atoms with E-state index in [1.165, 1.54) is 0 Å². The molecule has 2 nitrogen and oxygen atoms in total. The van der Waals surface area contributed by atoms with Gasteiger partial charge in [0.2, 0.25) is 0 Å². The summed E-state index contributed by atoms with van der Waals surface area (Å²) in [6, 6.07) is 0. The van der Waals surface area contributed by atoms with Crippen LogP contribution >= 0.6 is 11.3 Å². The highest BCUT2D eigenvalue weighted by Gasteiger charge is 2.17. The summed E-state index contributed by atoms with van der Waals surface area (Å²) in [6.07, 6.45) is 2.57. The Morgan fingerprint density at radius 1 is 1.43 bits per heavy atom. The van der Waals surface area contributed by atoms with Crippen LogP contribution < -0.4 is 0 Å². The third-order valence-electron chi connectivity index (χ3n) is 2.64. The van der Waals surface area contributed by atoms with Crippen molar-refractivity contribution < 1.29 is 5.11 Å². The molecule has 3 heteroatoms. The van der Waals surface area contributed by atoms with Crippen molar-refractivity contribution in [3.05, 3.63) is 16.1 Å². The maximum atomic E-state index is 9.94. The molecule has 1 aromatic rings.